The number of amides is 2. The van der Waals surface area contributed by atoms with E-state index in [1.54, 1.807) is 60.1 Å². The van der Waals surface area contributed by atoms with Gasteiger partial charge < -0.3 is 15.0 Å². The van der Waals surface area contributed by atoms with E-state index in [4.69, 9.17) is 4.74 Å². The van der Waals surface area contributed by atoms with E-state index in [1.165, 1.54) is 19.2 Å². The first kappa shape index (κ1) is 21.8. The van der Waals surface area contributed by atoms with E-state index >= 15 is 0 Å². The molecular formula is C21H25FN2O3S. The van der Waals surface area contributed by atoms with Gasteiger partial charge in [0.15, 0.2) is 0 Å². The van der Waals surface area contributed by atoms with Crippen LogP contribution in [0.25, 0.3) is 0 Å². The molecule has 0 aromatic heterocycles. The van der Waals surface area contributed by atoms with Crippen molar-refractivity contribution in [2.45, 2.75) is 19.0 Å². The molecule has 1 N–H and O–H groups in total. The van der Waals surface area contributed by atoms with E-state index in [0.717, 1.165) is 11.3 Å². The van der Waals surface area contributed by atoms with Gasteiger partial charge in [-0.15, -0.1) is 0 Å². The van der Waals surface area contributed by atoms with Gasteiger partial charge in [0.1, 0.15) is 17.6 Å². The zero-order valence-electron chi connectivity index (χ0n) is 16.3. The Kier molecular flexibility index (Phi) is 8.32. The monoisotopic (exact) mass is 404 g/mol. The predicted octanol–water partition coefficient (Wildman–Crippen LogP) is 3.34. The summed E-state index contributed by atoms with van der Waals surface area (Å²) in [6.07, 6.45) is 2.46. The van der Waals surface area contributed by atoms with Crippen LogP contribution in [-0.2, 0) is 11.3 Å². The van der Waals surface area contributed by atoms with Gasteiger partial charge in [0.05, 0.1) is 12.7 Å². The molecule has 1 unspecified atom stereocenters. The van der Waals surface area contributed by atoms with Crippen molar-refractivity contribution >= 4 is 23.6 Å². The van der Waals surface area contributed by atoms with Crippen LogP contribution >= 0.6 is 11.8 Å². The fourth-order valence-corrected chi connectivity index (χ4v) is 3.24. The molecule has 150 valence electrons. The third kappa shape index (κ3) is 5.99. The van der Waals surface area contributed by atoms with Crippen LogP contribution in [-0.4, -0.2) is 48.9 Å². The number of carbonyl (C=O) groups is 2. The van der Waals surface area contributed by atoms with Gasteiger partial charge in [-0.25, -0.2) is 4.39 Å². The van der Waals surface area contributed by atoms with Gasteiger partial charge >= 0.3 is 0 Å². The van der Waals surface area contributed by atoms with Gasteiger partial charge in [-0.05, 0) is 48.3 Å². The smallest absolute Gasteiger partial charge is 0.255 e. The highest BCUT2D eigenvalue weighted by Crippen LogP contribution is 2.18. The van der Waals surface area contributed by atoms with Gasteiger partial charge in [-0.2, -0.15) is 11.8 Å². The van der Waals surface area contributed by atoms with Crippen LogP contribution in [0.3, 0.4) is 0 Å². The molecule has 0 aliphatic rings. The standard InChI is InChI=1S/C21H25FN2O3S/c1-24(14-15-8-10-16(22)11-9-15)21(26)18(12-13-28-3)23-20(25)17-6-4-5-7-19(17)27-2/h4-11,18H,12-14H2,1-3H3,(H,23,25). The number of methoxy groups -OCH3 is 1. The van der Waals surface area contributed by atoms with Gasteiger partial charge in [0.2, 0.25) is 5.91 Å². The molecule has 0 fully saturated rings. The van der Waals surface area contributed by atoms with Crippen LogP contribution in [0.15, 0.2) is 48.5 Å². The molecule has 2 aromatic rings. The van der Waals surface area contributed by atoms with Crippen LogP contribution in [0.1, 0.15) is 22.3 Å². The van der Waals surface area contributed by atoms with Gasteiger partial charge in [-0.1, -0.05) is 24.3 Å². The Morgan fingerprint density at radius 2 is 1.86 bits per heavy atom. The Morgan fingerprint density at radius 3 is 2.50 bits per heavy atom. The number of benzene rings is 2. The highest BCUT2D eigenvalue weighted by Gasteiger charge is 2.25. The maximum absolute atomic E-state index is 13.1. The number of likely N-dealkylation sites (N-methyl/N-ethyl adjacent to an activating group) is 1. The van der Waals surface area contributed by atoms with Crippen LogP contribution in [0.4, 0.5) is 4.39 Å². The highest BCUT2D eigenvalue weighted by atomic mass is 32.2. The molecular weight excluding hydrogens is 379 g/mol. The summed E-state index contributed by atoms with van der Waals surface area (Å²) in [5.41, 5.74) is 1.20. The van der Waals surface area contributed by atoms with E-state index in [0.29, 0.717) is 24.3 Å². The molecule has 0 bridgehead atoms. The van der Waals surface area contributed by atoms with Gasteiger partial charge in [0, 0.05) is 13.6 Å². The quantitative estimate of drug-likeness (QED) is 0.696. The first-order chi connectivity index (χ1) is 13.5. The molecule has 28 heavy (non-hydrogen) atoms. The van der Waals surface area contributed by atoms with Crippen LogP contribution < -0.4 is 10.1 Å². The third-order valence-electron chi connectivity index (χ3n) is 4.27. The molecule has 0 spiro atoms. The Hall–Kier alpha value is -2.54. The lowest BCUT2D eigenvalue weighted by atomic mass is 10.1. The van der Waals surface area contributed by atoms with Crippen LogP contribution in [0, 0.1) is 5.82 Å². The molecule has 2 aromatic carbocycles. The fourth-order valence-electron chi connectivity index (χ4n) is 2.77. The van der Waals surface area contributed by atoms with Crippen molar-refractivity contribution in [1.82, 2.24) is 10.2 Å². The molecule has 2 amide bonds. The number of thioether (sulfide) groups is 1. The van der Waals surface area contributed by atoms with Gasteiger partial charge in [-0.3, -0.25) is 9.59 Å². The molecule has 0 saturated heterocycles. The summed E-state index contributed by atoms with van der Waals surface area (Å²) < 4.78 is 18.3. The van der Waals surface area contributed by atoms with Crippen molar-refractivity contribution in [3.8, 4) is 5.75 Å². The Balaban J connectivity index is 2.11. The van der Waals surface area contributed by atoms with E-state index in [1.807, 2.05) is 6.26 Å². The summed E-state index contributed by atoms with van der Waals surface area (Å²) in [6, 6.07) is 12.2. The van der Waals surface area contributed by atoms with Crippen LogP contribution in [0.5, 0.6) is 5.75 Å². The molecule has 0 radical (unpaired) electrons. The molecule has 0 aliphatic carbocycles. The summed E-state index contributed by atoms with van der Waals surface area (Å²) in [4.78, 5) is 27.2. The van der Waals surface area contributed by atoms with Crippen molar-refractivity contribution < 1.29 is 18.7 Å². The zero-order chi connectivity index (χ0) is 20.5. The number of nitrogens with one attached hydrogen (secondary N) is 1. The summed E-state index contributed by atoms with van der Waals surface area (Å²) >= 11 is 1.61. The number of carbonyl (C=O) groups excluding carboxylic acids is 2. The fraction of sp³-hybridized carbons (Fsp3) is 0.333. The number of ether oxygens (including phenoxy) is 1. The van der Waals surface area contributed by atoms with Crippen molar-refractivity contribution in [3.63, 3.8) is 0 Å². The largest absolute Gasteiger partial charge is 0.496 e. The van der Waals surface area contributed by atoms with Crippen LogP contribution in [0.2, 0.25) is 0 Å². The zero-order valence-corrected chi connectivity index (χ0v) is 17.1. The minimum Gasteiger partial charge on any atom is -0.496 e. The first-order valence-corrected chi connectivity index (χ1v) is 10.3. The number of rotatable bonds is 9. The summed E-state index contributed by atoms with van der Waals surface area (Å²) in [5, 5.41) is 2.83. The molecule has 5 nitrogen and oxygen atoms in total. The molecule has 2 rings (SSSR count). The van der Waals surface area contributed by atoms with Crippen molar-refractivity contribution in [2.75, 3.05) is 26.2 Å². The number of nitrogens with zero attached hydrogens (tertiary/aromatic N) is 1. The minimum absolute atomic E-state index is 0.193. The lowest BCUT2D eigenvalue weighted by molar-refractivity contribution is -0.132. The second kappa shape index (κ2) is 10.7. The lowest BCUT2D eigenvalue weighted by Crippen LogP contribution is -2.47. The average molecular weight is 405 g/mol. The first-order valence-electron chi connectivity index (χ1n) is 8.88. The number of hydrogen-bond acceptors (Lipinski definition) is 4. The van der Waals surface area contributed by atoms with E-state index < -0.39 is 6.04 Å². The normalized spacial score (nSPS) is 11.6. The van der Waals surface area contributed by atoms with Crippen molar-refractivity contribution in [3.05, 3.63) is 65.5 Å². The Morgan fingerprint density at radius 1 is 1.18 bits per heavy atom. The summed E-state index contributed by atoms with van der Waals surface area (Å²) in [7, 11) is 3.17. The third-order valence-corrected chi connectivity index (χ3v) is 4.92. The Labute approximate surface area is 169 Å². The summed E-state index contributed by atoms with van der Waals surface area (Å²) in [6.45, 7) is 0.333. The molecule has 7 heteroatoms. The number of halogens is 1. The van der Waals surface area contributed by atoms with E-state index in [9.17, 15) is 14.0 Å². The maximum Gasteiger partial charge on any atom is 0.255 e. The van der Waals surface area contributed by atoms with E-state index in [2.05, 4.69) is 5.32 Å². The minimum atomic E-state index is -0.657. The number of para-hydroxylation sites is 1. The molecule has 0 aliphatic heterocycles. The van der Waals surface area contributed by atoms with Crippen molar-refractivity contribution in [2.24, 2.45) is 0 Å². The Bertz CT molecular complexity index is 798. The highest BCUT2D eigenvalue weighted by molar-refractivity contribution is 7.98. The number of hydrogen-bond donors (Lipinski definition) is 1. The molecule has 0 saturated carbocycles. The second-order valence-corrected chi connectivity index (χ2v) is 7.31. The molecule has 0 heterocycles. The SMILES string of the molecule is COc1ccccc1C(=O)NC(CCSC)C(=O)N(C)Cc1ccc(F)cc1. The maximum atomic E-state index is 13.1. The van der Waals surface area contributed by atoms with E-state index in [-0.39, 0.29) is 17.6 Å². The van der Waals surface area contributed by atoms with Crippen molar-refractivity contribution in [1.29, 1.82) is 0 Å². The second-order valence-electron chi connectivity index (χ2n) is 6.33. The predicted molar refractivity (Wildman–Crippen MR) is 110 cm³/mol. The average Bonchev–Trinajstić information content (AvgIpc) is 2.71. The van der Waals surface area contributed by atoms with Gasteiger partial charge in [0.25, 0.3) is 5.91 Å². The lowest BCUT2D eigenvalue weighted by Gasteiger charge is -2.25. The topological polar surface area (TPSA) is 58.6 Å². The summed E-state index contributed by atoms with van der Waals surface area (Å²) in [5.74, 6) is 0.316. The molecule has 1 atom stereocenters.